The van der Waals surface area contributed by atoms with E-state index < -0.39 is 15.1 Å². The Morgan fingerprint density at radius 1 is 1.26 bits per heavy atom. The van der Waals surface area contributed by atoms with Crippen LogP contribution in [0, 0.1) is 0 Å². The van der Waals surface area contributed by atoms with Gasteiger partial charge in [0, 0.05) is 18.2 Å². The molecule has 19 heavy (non-hydrogen) atoms. The van der Waals surface area contributed by atoms with Crippen LogP contribution in [0.3, 0.4) is 0 Å². The summed E-state index contributed by atoms with van der Waals surface area (Å²) >= 11 is 11.7. The summed E-state index contributed by atoms with van der Waals surface area (Å²) in [6, 6.07) is 4.50. The van der Waals surface area contributed by atoms with E-state index in [1.54, 1.807) is 17.0 Å². The van der Waals surface area contributed by atoms with Crippen molar-refractivity contribution in [2.75, 3.05) is 12.3 Å². The van der Waals surface area contributed by atoms with Crippen LogP contribution >= 0.6 is 23.2 Å². The van der Waals surface area contributed by atoms with Gasteiger partial charge in [-0.05, 0) is 24.6 Å². The second-order valence-electron chi connectivity index (χ2n) is 4.93. The van der Waals surface area contributed by atoms with Crippen LogP contribution in [0.15, 0.2) is 18.2 Å². The SMILES string of the molecule is O=C(c1ccc(Cl)c(Cl)c1)N1CC2CC1CS2(=O)=O. The van der Waals surface area contributed by atoms with Gasteiger partial charge in [-0.3, -0.25) is 4.79 Å². The molecule has 0 radical (unpaired) electrons. The topological polar surface area (TPSA) is 54.5 Å². The highest BCUT2D eigenvalue weighted by molar-refractivity contribution is 7.92. The van der Waals surface area contributed by atoms with Gasteiger partial charge in [-0.1, -0.05) is 23.2 Å². The Morgan fingerprint density at radius 3 is 2.53 bits per heavy atom. The van der Waals surface area contributed by atoms with Crippen molar-refractivity contribution in [3.05, 3.63) is 33.8 Å². The Bertz CT molecular complexity index is 659. The van der Waals surface area contributed by atoms with E-state index in [9.17, 15) is 13.2 Å². The first kappa shape index (κ1) is 13.2. The normalized spacial score (nSPS) is 27.8. The van der Waals surface area contributed by atoms with Crippen LogP contribution in [-0.4, -0.2) is 42.8 Å². The first-order valence-electron chi connectivity index (χ1n) is 5.86. The van der Waals surface area contributed by atoms with Gasteiger partial charge in [0.15, 0.2) is 9.84 Å². The van der Waals surface area contributed by atoms with Crippen molar-refractivity contribution >= 4 is 38.9 Å². The zero-order valence-corrected chi connectivity index (χ0v) is 12.2. The van der Waals surface area contributed by atoms with Gasteiger partial charge in [-0.15, -0.1) is 0 Å². The number of amides is 1. The van der Waals surface area contributed by atoms with Crippen LogP contribution < -0.4 is 0 Å². The third-order valence-corrected chi connectivity index (χ3v) is 6.68. The number of fused-ring (bicyclic) bond motifs is 2. The Hall–Kier alpha value is -0.780. The largest absolute Gasteiger partial charge is 0.333 e. The van der Waals surface area contributed by atoms with Gasteiger partial charge >= 0.3 is 0 Å². The fourth-order valence-electron chi connectivity index (χ4n) is 2.74. The molecule has 2 unspecified atom stereocenters. The summed E-state index contributed by atoms with van der Waals surface area (Å²) in [5, 5.41) is 0.317. The Morgan fingerprint density at radius 2 is 2.00 bits per heavy atom. The van der Waals surface area contributed by atoms with Crippen LogP contribution in [0.1, 0.15) is 16.8 Å². The molecule has 7 heteroatoms. The number of nitrogens with zero attached hydrogens (tertiary/aromatic N) is 1. The van der Waals surface area contributed by atoms with E-state index in [4.69, 9.17) is 23.2 Å². The summed E-state index contributed by atoms with van der Waals surface area (Å²) in [7, 11) is -2.99. The fraction of sp³-hybridized carbons (Fsp3) is 0.417. The molecule has 2 saturated heterocycles. The van der Waals surface area contributed by atoms with Gasteiger partial charge < -0.3 is 4.90 Å². The van der Waals surface area contributed by atoms with E-state index >= 15 is 0 Å². The monoisotopic (exact) mass is 319 g/mol. The Labute approximate surface area is 121 Å². The minimum Gasteiger partial charge on any atom is -0.333 e. The van der Waals surface area contributed by atoms with Gasteiger partial charge in [-0.25, -0.2) is 8.42 Å². The summed E-state index contributed by atoms with van der Waals surface area (Å²) in [5.74, 6) is -0.106. The molecular weight excluding hydrogens is 309 g/mol. The molecule has 0 spiro atoms. The smallest absolute Gasteiger partial charge is 0.254 e. The van der Waals surface area contributed by atoms with Crippen molar-refractivity contribution in [3.8, 4) is 0 Å². The predicted octanol–water partition coefficient (Wildman–Crippen LogP) is 2.00. The van der Waals surface area contributed by atoms with Gasteiger partial charge in [0.1, 0.15) is 0 Å². The lowest BCUT2D eigenvalue weighted by atomic mass is 10.2. The van der Waals surface area contributed by atoms with Crippen molar-refractivity contribution in [3.63, 3.8) is 0 Å². The minimum atomic E-state index is -2.99. The number of carbonyl (C=O) groups is 1. The molecule has 2 fully saturated rings. The zero-order valence-electron chi connectivity index (χ0n) is 9.84. The van der Waals surface area contributed by atoms with Crippen LogP contribution in [0.5, 0.6) is 0 Å². The number of likely N-dealkylation sites (tertiary alicyclic amines) is 1. The maximum atomic E-state index is 12.3. The lowest BCUT2D eigenvalue weighted by molar-refractivity contribution is 0.0746. The molecule has 1 amide bonds. The standard InChI is InChI=1S/C12H11Cl2NO3S/c13-10-2-1-7(3-11(10)14)12(16)15-5-9-4-8(15)6-19(9,17)18/h1-3,8-9H,4-6H2. The average Bonchev–Trinajstić information content (AvgIpc) is 2.87. The van der Waals surface area contributed by atoms with E-state index in [-0.39, 0.29) is 24.2 Å². The molecule has 0 N–H and O–H groups in total. The molecule has 2 bridgehead atoms. The number of benzene rings is 1. The van der Waals surface area contributed by atoms with E-state index in [0.29, 0.717) is 22.0 Å². The number of sulfone groups is 1. The van der Waals surface area contributed by atoms with E-state index in [0.717, 1.165) is 0 Å². The van der Waals surface area contributed by atoms with Gasteiger partial charge in [-0.2, -0.15) is 0 Å². The summed E-state index contributed by atoms with van der Waals surface area (Å²) in [4.78, 5) is 14.0. The van der Waals surface area contributed by atoms with E-state index in [1.165, 1.54) is 6.07 Å². The first-order valence-corrected chi connectivity index (χ1v) is 8.33. The molecule has 3 rings (SSSR count). The van der Waals surface area contributed by atoms with Crippen molar-refractivity contribution in [2.24, 2.45) is 0 Å². The molecule has 4 nitrogen and oxygen atoms in total. The summed E-state index contributed by atoms with van der Waals surface area (Å²) in [6.45, 7) is 0.284. The first-order chi connectivity index (χ1) is 8.88. The maximum absolute atomic E-state index is 12.3. The molecule has 2 aliphatic rings. The summed E-state index contributed by atoms with van der Waals surface area (Å²) in [6.07, 6.45) is 0.551. The van der Waals surface area contributed by atoms with Crippen LogP contribution in [-0.2, 0) is 9.84 Å². The summed E-state index contributed by atoms with van der Waals surface area (Å²) in [5.41, 5.74) is 0.444. The van der Waals surface area contributed by atoms with Crippen molar-refractivity contribution in [2.45, 2.75) is 17.7 Å². The molecule has 102 valence electrons. The molecule has 2 heterocycles. The van der Waals surface area contributed by atoms with Crippen LogP contribution in [0.2, 0.25) is 10.0 Å². The average molecular weight is 320 g/mol. The molecule has 0 saturated carbocycles. The Balaban J connectivity index is 1.85. The number of hydrogen-bond acceptors (Lipinski definition) is 3. The maximum Gasteiger partial charge on any atom is 0.254 e. The summed E-state index contributed by atoms with van der Waals surface area (Å²) < 4.78 is 23.3. The van der Waals surface area contributed by atoms with E-state index in [1.807, 2.05) is 0 Å². The Kier molecular flexibility index (Phi) is 3.04. The number of halogens is 2. The highest BCUT2D eigenvalue weighted by Gasteiger charge is 2.50. The van der Waals surface area contributed by atoms with Gasteiger partial charge in [0.05, 0.1) is 21.0 Å². The van der Waals surface area contributed by atoms with Crippen LogP contribution in [0.25, 0.3) is 0 Å². The molecule has 1 aromatic rings. The highest BCUT2D eigenvalue weighted by Crippen LogP contribution is 2.34. The molecule has 2 aliphatic heterocycles. The zero-order chi connectivity index (χ0) is 13.8. The number of hydrogen-bond donors (Lipinski definition) is 0. The third-order valence-electron chi connectivity index (χ3n) is 3.74. The number of rotatable bonds is 1. The van der Waals surface area contributed by atoms with E-state index in [2.05, 4.69) is 0 Å². The molecule has 0 aliphatic carbocycles. The quantitative estimate of drug-likeness (QED) is 0.795. The van der Waals surface area contributed by atoms with Crippen molar-refractivity contribution in [1.82, 2.24) is 4.90 Å². The molecule has 1 aromatic carbocycles. The molecule has 2 atom stereocenters. The molecule has 0 aromatic heterocycles. The van der Waals surface area contributed by atoms with Crippen LogP contribution in [0.4, 0.5) is 0 Å². The highest BCUT2D eigenvalue weighted by atomic mass is 35.5. The van der Waals surface area contributed by atoms with Crippen molar-refractivity contribution < 1.29 is 13.2 Å². The molecular formula is C12H11Cl2NO3S. The number of carbonyl (C=O) groups excluding carboxylic acids is 1. The fourth-order valence-corrected chi connectivity index (χ4v) is 5.07. The van der Waals surface area contributed by atoms with Gasteiger partial charge in [0.25, 0.3) is 5.91 Å². The van der Waals surface area contributed by atoms with Crippen molar-refractivity contribution in [1.29, 1.82) is 0 Å². The predicted molar refractivity (Wildman–Crippen MR) is 73.5 cm³/mol. The second kappa shape index (κ2) is 4.36. The van der Waals surface area contributed by atoms with Gasteiger partial charge in [0.2, 0.25) is 0 Å². The lowest BCUT2D eigenvalue weighted by Crippen LogP contribution is -2.44. The lowest BCUT2D eigenvalue weighted by Gasteiger charge is -2.27. The third kappa shape index (κ3) is 2.14. The second-order valence-corrected chi connectivity index (χ2v) is 8.07. The minimum absolute atomic E-state index is 0.0741.